The van der Waals surface area contributed by atoms with E-state index in [-0.39, 0.29) is 16.2 Å². The van der Waals surface area contributed by atoms with Crippen LogP contribution in [-0.2, 0) is 17.9 Å². The van der Waals surface area contributed by atoms with Gasteiger partial charge in [0.05, 0.1) is 0 Å². The topological polar surface area (TPSA) is 3.88 Å². The van der Waals surface area contributed by atoms with Crippen molar-refractivity contribution >= 4 is 0 Å². The Labute approximate surface area is 154 Å². The number of aromatic nitrogens is 1. The fraction of sp³-hybridized carbons (Fsp3) is 0.542. The molecule has 1 aromatic heterocycles. The Balaban J connectivity index is 2.32. The average Bonchev–Trinajstić information content (AvgIpc) is 2.59. The Morgan fingerprint density at radius 3 is 1.76 bits per heavy atom. The van der Waals surface area contributed by atoms with E-state index in [0.29, 0.717) is 0 Å². The molecule has 1 heterocycles. The highest BCUT2D eigenvalue weighted by molar-refractivity contribution is 5.67. The van der Waals surface area contributed by atoms with Crippen LogP contribution in [0.2, 0.25) is 0 Å². The maximum Gasteiger partial charge on any atom is 0.212 e. The van der Waals surface area contributed by atoms with Crippen molar-refractivity contribution in [1.82, 2.24) is 0 Å². The summed E-state index contributed by atoms with van der Waals surface area (Å²) in [5, 5.41) is 0. The van der Waals surface area contributed by atoms with E-state index in [2.05, 4.69) is 98.3 Å². The van der Waals surface area contributed by atoms with Gasteiger partial charge in [-0.2, -0.15) is 0 Å². The number of pyridine rings is 1. The molecule has 0 saturated carbocycles. The molecule has 134 valence electrons. The van der Waals surface area contributed by atoms with Gasteiger partial charge in [0.25, 0.3) is 0 Å². The molecule has 0 radical (unpaired) electrons. The second-order valence-electron chi connectivity index (χ2n) is 9.72. The smallest absolute Gasteiger partial charge is 0.201 e. The van der Waals surface area contributed by atoms with Crippen molar-refractivity contribution in [1.29, 1.82) is 0 Å². The summed E-state index contributed by atoms with van der Waals surface area (Å²) in [6.45, 7) is 21.2. The van der Waals surface area contributed by atoms with Crippen LogP contribution in [0.5, 0.6) is 0 Å². The van der Waals surface area contributed by atoms with Gasteiger partial charge >= 0.3 is 0 Å². The van der Waals surface area contributed by atoms with Crippen LogP contribution in [0.25, 0.3) is 11.3 Å². The first-order chi connectivity index (χ1) is 11.3. The number of nitrogens with zero attached hydrogens (tertiary/aromatic N) is 1. The van der Waals surface area contributed by atoms with E-state index in [0.717, 1.165) is 0 Å². The zero-order chi connectivity index (χ0) is 18.9. The SMILES string of the molecule is Cc1cc(-c2cc3c(cc2C)C(C)(C)C(C)(C)C3(C)C)[n+](C)cc1C. The lowest BCUT2D eigenvalue weighted by Gasteiger charge is -2.44. The zero-order valence-electron chi connectivity index (χ0n) is 17.8. The largest absolute Gasteiger partial charge is 0.212 e. The minimum atomic E-state index is 0.145. The molecule has 0 spiro atoms. The molecule has 1 heteroatoms. The second-order valence-corrected chi connectivity index (χ2v) is 9.72. The van der Waals surface area contributed by atoms with E-state index in [9.17, 15) is 0 Å². The summed E-state index contributed by atoms with van der Waals surface area (Å²) < 4.78 is 2.27. The quantitative estimate of drug-likeness (QED) is 0.588. The van der Waals surface area contributed by atoms with Crippen molar-refractivity contribution in [2.45, 2.75) is 73.1 Å². The summed E-state index contributed by atoms with van der Waals surface area (Å²) in [5.74, 6) is 0. The number of rotatable bonds is 1. The highest BCUT2D eigenvalue weighted by Crippen LogP contribution is 2.62. The molecule has 1 aliphatic carbocycles. The summed E-state index contributed by atoms with van der Waals surface area (Å²) in [6, 6.07) is 7.27. The first-order valence-electron chi connectivity index (χ1n) is 9.45. The van der Waals surface area contributed by atoms with Crippen LogP contribution < -0.4 is 4.57 Å². The molecular formula is C24H34N+. The van der Waals surface area contributed by atoms with Crippen molar-refractivity contribution in [3.63, 3.8) is 0 Å². The molecule has 25 heavy (non-hydrogen) atoms. The summed E-state index contributed by atoms with van der Waals surface area (Å²) in [7, 11) is 2.16. The molecule has 2 aromatic rings. The monoisotopic (exact) mass is 336 g/mol. The van der Waals surface area contributed by atoms with Crippen molar-refractivity contribution in [3.8, 4) is 11.3 Å². The minimum absolute atomic E-state index is 0.145. The van der Waals surface area contributed by atoms with Gasteiger partial charge in [0.1, 0.15) is 7.05 Å². The fourth-order valence-electron chi connectivity index (χ4n) is 4.62. The highest BCUT2D eigenvalue weighted by atomic mass is 14.9. The van der Waals surface area contributed by atoms with Gasteiger partial charge in [0, 0.05) is 17.2 Å². The van der Waals surface area contributed by atoms with Crippen molar-refractivity contribution in [2.24, 2.45) is 12.5 Å². The minimum Gasteiger partial charge on any atom is -0.201 e. The van der Waals surface area contributed by atoms with Gasteiger partial charge in [-0.3, -0.25) is 0 Å². The first kappa shape index (κ1) is 18.2. The zero-order valence-corrected chi connectivity index (χ0v) is 17.8. The molecular weight excluding hydrogens is 302 g/mol. The maximum absolute atomic E-state index is 2.48. The van der Waals surface area contributed by atoms with Gasteiger partial charge in [0.2, 0.25) is 5.69 Å². The van der Waals surface area contributed by atoms with Gasteiger partial charge in [0.15, 0.2) is 6.20 Å². The Kier molecular flexibility index (Phi) is 3.77. The molecule has 0 N–H and O–H groups in total. The predicted molar refractivity (Wildman–Crippen MR) is 107 cm³/mol. The van der Waals surface area contributed by atoms with Crippen molar-refractivity contribution in [3.05, 3.63) is 52.2 Å². The number of hydrogen-bond donors (Lipinski definition) is 0. The maximum atomic E-state index is 2.48. The standard InChI is InChI=1S/C24H34N/c1-15-12-21(25(10)14-17(15)3)18-13-20-19(11-16(18)2)22(4,5)24(8,9)23(20,6)7/h11-14H,1-10H3/q+1. The van der Waals surface area contributed by atoms with Crippen LogP contribution in [0, 0.1) is 26.2 Å². The number of fused-ring (bicyclic) bond motifs is 1. The molecule has 1 aromatic carbocycles. The third kappa shape index (κ3) is 2.24. The van der Waals surface area contributed by atoms with E-state index in [4.69, 9.17) is 0 Å². The lowest BCUT2D eigenvalue weighted by molar-refractivity contribution is -0.660. The van der Waals surface area contributed by atoms with Crippen LogP contribution in [-0.4, -0.2) is 0 Å². The molecule has 0 unspecified atom stereocenters. The van der Waals surface area contributed by atoms with Crippen LogP contribution >= 0.6 is 0 Å². The summed E-state index contributed by atoms with van der Waals surface area (Å²) in [4.78, 5) is 0. The van der Waals surface area contributed by atoms with E-state index in [1.807, 2.05) is 0 Å². The van der Waals surface area contributed by atoms with Gasteiger partial charge < -0.3 is 0 Å². The Bertz CT molecular complexity index is 866. The van der Waals surface area contributed by atoms with Gasteiger partial charge in [-0.25, -0.2) is 4.57 Å². The van der Waals surface area contributed by atoms with E-state index in [1.165, 1.54) is 39.1 Å². The van der Waals surface area contributed by atoms with E-state index >= 15 is 0 Å². The van der Waals surface area contributed by atoms with Crippen LogP contribution in [0.4, 0.5) is 0 Å². The lowest BCUT2D eigenvalue weighted by atomic mass is 9.59. The Morgan fingerprint density at radius 2 is 1.20 bits per heavy atom. The predicted octanol–water partition coefficient (Wildman–Crippen LogP) is 5.70. The van der Waals surface area contributed by atoms with Gasteiger partial charge in [-0.05, 0) is 65.3 Å². The molecule has 0 fully saturated rings. The summed E-state index contributed by atoms with van der Waals surface area (Å²) in [6.07, 6.45) is 2.25. The Hall–Kier alpha value is -1.63. The van der Waals surface area contributed by atoms with E-state index in [1.54, 1.807) is 0 Å². The third-order valence-corrected chi connectivity index (χ3v) is 7.85. The third-order valence-electron chi connectivity index (χ3n) is 7.85. The first-order valence-corrected chi connectivity index (χ1v) is 9.45. The van der Waals surface area contributed by atoms with Gasteiger partial charge in [-0.1, -0.05) is 47.6 Å². The summed E-state index contributed by atoms with van der Waals surface area (Å²) >= 11 is 0. The summed E-state index contributed by atoms with van der Waals surface area (Å²) in [5.41, 5.74) is 10.3. The molecule has 0 bridgehead atoms. The normalized spacial score (nSPS) is 19.8. The fourth-order valence-corrected chi connectivity index (χ4v) is 4.62. The van der Waals surface area contributed by atoms with Gasteiger partial charge in [-0.15, -0.1) is 0 Å². The highest BCUT2D eigenvalue weighted by Gasteiger charge is 2.56. The van der Waals surface area contributed by atoms with Crippen LogP contribution in [0.15, 0.2) is 24.4 Å². The second kappa shape index (κ2) is 5.19. The number of hydrogen-bond acceptors (Lipinski definition) is 0. The molecule has 0 saturated heterocycles. The number of aryl methyl sites for hydroxylation is 4. The Morgan fingerprint density at radius 1 is 0.680 bits per heavy atom. The molecule has 1 aliphatic rings. The van der Waals surface area contributed by atoms with Crippen LogP contribution in [0.3, 0.4) is 0 Å². The van der Waals surface area contributed by atoms with Crippen LogP contribution in [0.1, 0.15) is 69.4 Å². The number of benzene rings is 1. The van der Waals surface area contributed by atoms with Crippen molar-refractivity contribution in [2.75, 3.05) is 0 Å². The molecule has 3 rings (SSSR count). The average molecular weight is 337 g/mol. The van der Waals surface area contributed by atoms with Crippen molar-refractivity contribution < 1.29 is 4.57 Å². The lowest BCUT2D eigenvalue weighted by Crippen LogP contribution is -2.42. The molecule has 0 aliphatic heterocycles. The molecule has 0 amide bonds. The molecule has 0 atom stereocenters. The van der Waals surface area contributed by atoms with E-state index < -0.39 is 0 Å². The molecule has 1 nitrogen and oxygen atoms in total.